The van der Waals surface area contributed by atoms with Crippen LogP contribution in [0.15, 0.2) is 42.7 Å². The first-order valence-corrected chi connectivity index (χ1v) is 6.86. The second-order valence-corrected chi connectivity index (χ2v) is 4.53. The van der Waals surface area contributed by atoms with Gasteiger partial charge in [-0.3, -0.25) is 9.48 Å². The number of methoxy groups -OCH3 is 1. The lowest BCUT2D eigenvalue weighted by molar-refractivity contribution is -0.120. The number of ether oxygens (including phenoxy) is 1. The van der Waals surface area contributed by atoms with Crippen molar-refractivity contribution in [1.82, 2.24) is 20.4 Å². The number of amides is 1. The van der Waals surface area contributed by atoms with Crippen molar-refractivity contribution in [3.8, 4) is 5.75 Å². The summed E-state index contributed by atoms with van der Waals surface area (Å²) in [5.41, 5.74) is 0.963. The topological polar surface area (TPSA) is 68.2 Å². The fourth-order valence-electron chi connectivity index (χ4n) is 1.93. The summed E-state index contributed by atoms with van der Waals surface area (Å²) in [5, 5.41) is 10.0. The van der Waals surface area contributed by atoms with Gasteiger partial charge in [-0.1, -0.05) is 18.2 Å². The van der Waals surface area contributed by atoms with Gasteiger partial charge in [0.15, 0.2) is 0 Å². The molecule has 1 aromatic carbocycles. The van der Waals surface area contributed by atoms with E-state index in [1.165, 1.54) is 0 Å². The normalized spacial score (nSPS) is 10.3. The Kier molecular flexibility index (Phi) is 5.78. The van der Waals surface area contributed by atoms with Crippen LogP contribution in [0.4, 0.5) is 0 Å². The molecule has 0 fully saturated rings. The predicted octanol–water partition coefficient (Wildman–Crippen LogP) is 0.798. The minimum absolute atomic E-state index is 0.0404. The molecule has 0 aliphatic rings. The van der Waals surface area contributed by atoms with Crippen LogP contribution in [0.5, 0.6) is 5.75 Å². The Morgan fingerprint density at radius 1 is 1.33 bits per heavy atom. The number of carbonyl (C=O) groups is 1. The number of para-hydroxylation sites is 1. The van der Waals surface area contributed by atoms with Gasteiger partial charge in [-0.15, -0.1) is 0 Å². The maximum atomic E-state index is 11.7. The molecule has 0 bridgehead atoms. The quantitative estimate of drug-likeness (QED) is 0.705. The Morgan fingerprint density at radius 3 is 2.95 bits per heavy atom. The van der Waals surface area contributed by atoms with Gasteiger partial charge < -0.3 is 15.4 Å². The molecule has 112 valence electrons. The summed E-state index contributed by atoms with van der Waals surface area (Å²) < 4.78 is 7.06. The van der Waals surface area contributed by atoms with Crippen LogP contribution >= 0.6 is 0 Å². The summed E-state index contributed by atoms with van der Waals surface area (Å²) in [5.74, 6) is 0.741. The Morgan fingerprint density at radius 2 is 2.19 bits per heavy atom. The van der Waals surface area contributed by atoms with E-state index >= 15 is 0 Å². The van der Waals surface area contributed by atoms with Gasteiger partial charge in [0.25, 0.3) is 0 Å². The zero-order valence-electron chi connectivity index (χ0n) is 12.1. The zero-order valence-corrected chi connectivity index (χ0v) is 12.1. The molecule has 2 N–H and O–H groups in total. The molecule has 21 heavy (non-hydrogen) atoms. The van der Waals surface area contributed by atoms with Crippen molar-refractivity contribution in [2.45, 2.75) is 13.1 Å². The number of hydrogen-bond donors (Lipinski definition) is 2. The van der Waals surface area contributed by atoms with Gasteiger partial charge >= 0.3 is 0 Å². The SMILES string of the molecule is COc1ccccc1CNC(=O)CNCCn1cccn1. The van der Waals surface area contributed by atoms with Crippen molar-refractivity contribution in [1.29, 1.82) is 0 Å². The van der Waals surface area contributed by atoms with E-state index in [4.69, 9.17) is 4.74 Å². The van der Waals surface area contributed by atoms with Crippen LogP contribution in [-0.4, -0.2) is 35.9 Å². The molecule has 0 radical (unpaired) electrons. The van der Waals surface area contributed by atoms with Crippen LogP contribution in [0.25, 0.3) is 0 Å². The smallest absolute Gasteiger partial charge is 0.234 e. The van der Waals surface area contributed by atoms with E-state index in [1.54, 1.807) is 13.3 Å². The number of hydrogen-bond acceptors (Lipinski definition) is 4. The molecule has 0 saturated heterocycles. The number of nitrogens with zero attached hydrogens (tertiary/aromatic N) is 2. The summed E-state index contributed by atoms with van der Waals surface area (Å²) in [6, 6.07) is 9.52. The number of benzene rings is 1. The third kappa shape index (κ3) is 4.92. The molecule has 0 atom stereocenters. The molecule has 0 spiro atoms. The monoisotopic (exact) mass is 288 g/mol. The summed E-state index contributed by atoms with van der Waals surface area (Å²) in [6.07, 6.45) is 3.63. The third-order valence-electron chi connectivity index (χ3n) is 3.03. The van der Waals surface area contributed by atoms with Crippen LogP contribution < -0.4 is 15.4 Å². The second-order valence-electron chi connectivity index (χ2n) is 4.53. The molecular formula is C15H20N4O2. The number of nitrogens with one attached hydrogen (secondary N) is 2. The lowest BCUT2D eigenvalue weighted by atomic mass is 10.2. The summed E-state index contributed by atoms with van der Waals surface area (Å²) in [6.45, 7) is 2.19. The molecule has 6 heteroatoms. The van der Waals surface area contributed by atoms with E-state index in [-0.39, 0.29) is 12.5 Å². The van der Waals surface area contributed by atoms with Crippen molar-refractivity contribution in [2.75, 3.05) is 20.2 Å². The number of carbonyl (C=O) groups excluding carboxylic acids is 1. The van der Waals surface area contributed by atoms with E-state index in [1.807, 2.05) is 41.2 Å². The first kappa shape index (κ1) is 15.1. The van der Waals surface area contributed by atoms with Gasteiger partial charge in [0.05, 0.1) is 20.2 Å². The highest BCUT2D eigenvalue weighted by atomic mass is 16.5. The second kappa shape index (κ2) is 8.06. The Balaban J connectivity index is 1.65. The molecule has 2 rings (SSSR count). The average molecular weight is 288 g/mol. The maximum absolute atomic E-state index is 11.7. The summed E-state index contributed by atoms with van der Waals surface area (Å²) in [4.78, 5) is 11.7. The van der Waals surface area contributed by atoms with Gasteiger partial charge in [0.2, 0.25) is 5.91 Å². The van der Waals surface area contributed by atoms with Crippen LogP contribution in [0.2, 0.25) is 0 Å². The standard InChI is InChI=1S/C15H20N4O2/c1-21-14-6-3-2-5-13(14)11-17-15(20)12-16-8-10-19-9-4-7-18-19/h2-7,9,16H,8,10-12H2,1H3,(H,17,20). The molecule has 0 unspecified atom stereocenters. The van der Waals surface area contributed by atoms with Crippen molar-refractivity contribution in [3.63, 3.8) is 0 Å². The molecule has 1 aromatic heterocycles. The van der Waals surface area contributed by atoms with E-state index in [9.17, 15) is 4.79 Å². The molecule has 0 aliphatic heterocycles. The molecule has 0 aliphatic carbocycles. The number of rotatable bonds is 8. The van der Waals surface area contributed by atoms with Gasteiger partial charge in [0.1, 0.15) is 5.75 Å². The highest BCUT2D eigenvalue weighted by Crippen LogP contribution is 2.16. The highest BCUT2D eigenvalue weighted by Gasteiger charge is 2.04. The third-order valence-corrected chi connectivity index (χ3v) is 3.03. The molecule has 6 nitrogen and oxygen atoms in total. The minimum atomic E-state index is -0.0404. The fraction of sp³-hybridized carbons (Fsp3) is 0.333. The highest BCUT2D eigenvalue weighted by molar-refractivity contribution is 5.78. The Hall–Kier alpha value is -2.34. The predicted molar refractivity (Wildman–Crippen MR) is 79.9 cm³/mol. The first-order valence-electron chi connectivity index (χ1n) is 6.86. The zero-order chi connectivity index (χ0) is 14.9. The van der Waals surface area contributed by atoms with Gasteiger partial charge in [-0.2, -0.15) is 5.10 Å². The van der Waals surface area contributed by atoms with Crippen molar-refractivity contribution in [2.24, 2.45) is 0 Å². The maximum Gasteiger partial charge on any atom is 0.234 e. The van der Waals surface area contributed by atoms with Gasteiger partial charge in [-0.25, -0.2) is 0 Å². The van der Waals surface area contributed by atoms with Gasteiger partial charge in [0, 0.05) is 31.0 Å². The van der Waals surface area contributed by atoms with E-state index in [2.05, 4.69) is 15.7 Å². The van der Waals surface area contributed by atoms with E-state index < -0.39 is 0 Å². The van der Waals surface area contributed by atoms with Crippen molar-refractivity contribution in [3.05, 3.63) is 48.3 Å². The lowest BCUT2D eigenvalue weighted by Crippen LogP contribution is -2.34. The minimum Gasteiger partial charge on any atom is -0.496 e. The molecule has 2 aromatic rings. The van der Waals surface area contributed by atoms with Crippen LogP contribution in [0, 0.1) is 0 Å². The molecule has 1 amide bonds. The van der Waals surface area contributed by atoms with Crippen molar-refractivity contribution < 1.29 is 9.53 Å². The lowest BCUT2D eigenvalue weighted by Gasteiger charge is -2.10. The van der Waals surface area contributed by atoms with Crippen LogP contribution in [0.1, 0.15) is 5.56 Å². The molecule has 1 heterocycles. The van der Waals surface area contributed by atoms with Crippen LogP contribution in [-0.2, 0) is 17.9 Å². The number of aromatic nitrogens is 2. The largest absolute Gasteiger partial charge is 0.496 e. The van der Waals surface area contributed by atoms with Crippen molar-refractivity contribution >= 4 is 5.91 Å². The Labute approximate surface area is 124 Å². The Bertz CT molecular complexity index is 555. The summed E-state index contributed by atoms with van der Waals surface area (Å²) >= 11 is 0. The van der Waals surface area contributed by atoms with E-state index in [0.717, 1.165) is 17.9 Å². The fourth-order valence-corrected chi connectivity index (χ4v) is 1.93. The molecular weight excluding hydrogens is 268 g/mol. The van der Waals surface area contributed by atoms with Crippen LogP contribution in [0.3, 0.4) is 0 Å². The average Bonchev–Trinajstić information content (AvgIpc) is 3.03. The van der Waals surface area contributed by atoms with Gasteiger partial charge in [-0.05, 0) is 12.1 Å². The molecule has 0 saturated carbocycles. The van der Waals surface area contributed by atoms with E-state index in [0.29, 0.717) is 13.1 Å². The first-order chi connectivity index (χ1) is 10.3. The summed E-state index contributed by atoms with van der Waals surface area (Å²) in [7, 11) is 1.62.